The molecule has 22 heavy (non-hydrogen) atoms. The Morgan fingerprint density at radius 3 is 2.45 bits per heavy atom. The van der Waals surface area contributed by atoms with Crippen molar-refractivity contribution >= 4 is 6.09 Å². The van der Waals surface area contributed by atoms with Gasteiger partial charge in [-0.1, -0.05) is 25.5 Å². The van der Waals surface area contributed by atoms with Gasteiger partial charge >= 0.3 is 6.09 Å². The second kappa shape index (κ2) is 8.73. The van der Waals surface area contributed by atoms with Gasteiger partial charge in [-0.3, -0.25) is 0 Å². The van der Waals surface area contributed by atoms with Crippen LogP contribution in [0.2, 0.25) is 0 Å². The van der Waals surface area contributed by atoms with E-state index in [2.05, 4.69) is 17.6 Å². The van der Waals surface area contributed by atoms with Crippen LogP contribution in [-0.4, -0.2) is 24.3 Å². The minimum atomic E-state index is -0.494. The summed E-state index contributed by atoms with van der Waals surface area (Å²) in [5, 5.41) is 6.17. The second-order valence-electron chi connectivity index (χ2n) is 6.38. The molecule has 0 saturated carbocycles. The summed E-state index contributed by atoms with van der Waals surface area (Å²) < 4.78 is 18.1. The molecule has 0 aliphatic rings. The molecule has 124 valence electrons. The molecular formula is C17H27FN2O2. The second-order valence-corrected chi connectivity index (χ2v) is 6.38. The highest BCUT2D eigenvalue weighted by Gasteiger charge is 2.17. The van der Waals surface area contributed by atoms with Crippen LogP contribution < -0.4 is 10.6 Å². The van der Waals surface area contributed by atoms with E-state index in [9.17, 15) is 9.18 Å². The summed E-state index contributed by atoms with van der Waals surface area (Å²) in [4.78, 5) is 11.7. The Morgan fingerprint density at radius 2 is 1.91 bits per heavy atom. The van der Waals surface area contributed by atoms with E-state index in [1.165, 1.54) is 12.1 Å². The van der Waals surface area contributed by atoms with E-state index in [1.54, 1.807) is 12.1 Å². The van der Waals surface area contributed by atoms with Crippen molar-refractivity contribution in [2.45, 2.75) is 58.7 Å². The summed E-state index contributed by atoms with van der Waals surface area (Å²) in [6, 6.07) is 6.57. The molecule has 0 spiro atoms. The van der Waals surface area contributed by atoms with Crippen LogP contribution in [0.15, 0.2) is 24.3 Å². The molecule has 5 heteroatoms. The van der Waals surface area contributed by atoms with Gasteiger partial charge in [-0.2, -0.15) is 0 Å². The normalized spacial score (nSPS) is 12.8. The van der Waals surface area contributed by atoms with Crippen molar-refractivity contribution < 1.29 is 13.9 Å². The molecule has 1 aromatic rings. The van der Waals surface area contributed by atoms with Crippen LogP contribution in [0.4, 0.5) is 9.18 Å². The third kappa shape index (κ3) is 7.98. The van der Waals surface area contributed by atoms with Crippen LogP contribution in [0, 0.1) is 5.82 Å². The zero-order chi connectivity index (χ0) is 16.6. The van der Waals surface area contributed by atoms with E-state index in [4.69, 9.17) is 4.74 Å². The van der Waals surface area contributed by atoms with Crippen LogP contribution in [-0.2, 0) is 11.3 Å². The van der Waals surface area contributed by atoms with Gasteiger partial charge in [-0.15, -0.1) is 0 Å². The molecule has 4 nitrogen and oxygen atoms in total. The summed E-state index contributed by atoms with van der Waals surface area (Å²) in [6.07, 6.45) is 1.55. The van der Waals surface area contributed by atoms with Gasteiger partial charge < -0.3 is 15.4 Å². The number of rotatable bonds is 7. The predicted molar refractivity (Wildman–Crippen MR) is 86.2 cm³/mol. The molecule has 0 radical (unpaired) electrons. The molecule has 0 fully saturated rings. The first kappa shape index (κ1) is 18.4. The highest BCUT2D eigenvalue weighted by Crippen LogP contribution is 2.07. The number of amides is 1. The number of hydrogen-bond donors (Lipinski definition) is 2. The lowest BCUT2D eigenvalue weighted by Crippen LogP contribution is -2.42. The van der Waals surface area contributed by atoms with Crippen molar-refractivity contribution in [3.8, 4) is 0 Å². The van der Waals surface area contributed by atoms with Gasteiger partial charge in [0, 0.05) is 19.1 Å². The lowest BCUT2D eigenvalue weighted by molar-refractivity contribution is 0.0521. The Labute approximate surface area is 132 Å². The highest BCUT2D eigenvalue weighted by molar-refractivity contribution is 5.67. The van der Waals surface area contributed by atoms with Crippen molar-refractivity contribution in [3.05, 3.63) is 35.6 Å². The van der Waals surface area contributed by atoms with Gasteiger partial charge in [0.25, 0.3) is 0 Å². The van der Waals surface area contributed by atoms with Crippen molar-refractivity contribution in [1.82, 2.24) is 10.6 Å². The number of halogens is 1. The van der Waals surface area contributed by atoms with Crippen LogP contribution in [0.5, 0.6) is 0 Å². The van der Waals surface area contributed by atoms with E-state index in [0.717, 1.165) is 18.4 Å². The molecule has 0 aromatic heterocycles. The van der Waals surface area contributed by atoms with Gasteiger partial charge in [-0.25, -0.2) is 9.18 Å². The zero-order valence-electron chi connectivity index (χ0n) is 13.9. The summed E-state index contributed by atoms with van der Waals surface area (Å²) in [5.74, 6) is -0.236. The summed E-state index contributed by atoms with van der Waals surface area (Å²) in [5.41, 5.74) is 0.520. The lowest BCUT2D eigenvalue weighted by Gasteiger charge is -2.22. The molecule has 0 aliphatic heterocycles. The molecule has 0 aliphatic carbocycles. The fraction of sp³-hybridized carbons (Fsp3) is 0.588. The third-order valence-corrected chi connectivity index (χ3v) is 3.04. The van der Waals surface area contributed by atoms with E-state index < -0.39 is 11.7 Å². The quantitative estimate of drug-likeness (QED) is 0.809. The Hall–Kier alpha value is -1.62. The topological polar surface area (TPSA) is 50.4 Å². The highest BCUT2D eigenvalue weighted by atomic mass is 19.1. The number of carbonyl (C=O) groups excluding carboxylic acids is 1. The van der Waals surface area contributed by atoms with Crippen LogP contribution in [0.3, 0.4) is 0 Å². The number of nitrogens with one attached hydrogen (secondary N) is 2. The summed E-state index contributed by atoms with van der Waals surface area (Å²) in [6.45, 7) is 8.75. The van der Waals surface area contributed by atoms with Crippen LogP contribution in [0.25, 0.3) is 0 Å². The van der Waals surface area contributed by atoms with E-state index in [0.29, 0.717) is 13.1 Å². The lowest BCUT2D eigenvalue weighted by atomic mass is 10.1. The number of carbonyl (C=O) groups is 1. The molecule has 1 amide bonds. The first-order valence-corrected chi connectivity index (χ1v) is 7.75. The molecule has 0 saturated heterocycles. The third-order valence-electron chi connectivity index (χ3n) is 3.04. The maximum Gasteiger partial charge on any atom is 0.407 e. The standard InChI is InChI=1S/C17H27FN2O2/c1-5-6-15(12-20-16(21)22-17(2,3)4)19-11-13-7-9-14(18)10-8-13/h7-10,15,19H,5-6,11-12H2,1-4H3,(H,20,21). The Bertz CT molecular complexity index is 455. The maximum absolute atomic E-state index is 12.9. The maximum atomic E-state index is 12.9. The predicted octanol–water partition coefficient (Wildman–Crippen LogP) is 3.61. The minimum Gasteiger partial charge on any atom is -0.444 e. The Morgan fingerprint density at radius 1 is 1.27 bits per heavy atom. The Kier molecular flexibility index (Phi) is 7.32. The van der Waals surface area contributed by atoms with E-state index in [1.807, 2.05) is 20.8 Å². The van der Waals surface area contributed by atoms with Crippen molar-refractivity contribution in [1.29, 1.82) is 0 Å². The monoisotopic (exact) mass is 310 g/mol. The summed E-state index contributed by atoms with van der Waals surface area (Å²) in [7, 11) is 0. The molecule has 2 N–H and O–H groups in total. The number of benzene rings is 1. The SMILES string of the molecule is CCCC(CNC(=O)OC(C)(C)C)NCc1ccc(F)cc1. The molecule has 1 unspecified atom stereocenters. The van der Waals surface area contributed by atoms with Gasteiger partial charge in [0.1, 0.15) is 11.4 Å². The van der Waals surface area contributed by atoms with Crippen molar-refractivity contribution in [2.24, 2.45) is 0 Å². The first-order valence-electron chi connectivity index (χ1n) is 7.75. The summed E-state index contributed by atoms with van der Waals surface area (Å²) >= 11 is 0. The minimum absolute atomic E-state index is 0.155. The fourth-order valence-electron chi connectivity index (χ4n) is 2.01. The van der Waals surface area contributed by atoms with Gasteiger partial charge in [-0.05, 0) is 44.9 Å². The molecule has 1 atom stereocenters. The smallest absolute Gasteiger partial charge is 0.407 e. The zero-order valence-corrected chi connectivity index (χ0v) is 13.9. The average molecular weight is 310 g/mol. The van der Waals surface area contributed by atoms with Crippen LogP contribution >= 0.6 is 0 Å². The number of hydrogen-bond acceptors (Lipinski definition) is 3. The molecule has 1 aromatic carbocycles. The van der Waals surface area contributed by atoms with Crippen molar-refractivity contribution in [2.75, 3.05) is 6.54 Å². The molecule has 0 heterocycles. The average Bonchev–Trinajstić information content (AvgIpc) is 2.42. The molecule has 0 bridgehead atoms. The van der Waals surface area contributed by atoms with Gasteiger partial charge in [0.15, 0.2) is 0 Å². The molecular weight excluding hydrogens is 283 g/mol. The van der Waals surface area contributed by atoms with Gasteiger partial charge in [0.2, 0.25) is 0 Å². The Balaban J connectivity index is 2.41. The van der Waals surface area contributed by atoms with Crippen LogP contribution in [0.1, 0.15) is 46.1 Å². The largest absolute Gasteiger partial charge is 0.444 e. The number of alkyl carbamates (subject to hydrolysis) is 1. The first-order chi connectivity index (χ1) is 10.3. The van der Waals surface area contributed by atoms with Gasteiger partial charge in [0.05, 0.1) is 0 Å². The van der Waals surface area contributed by atoms with Crippen molar-refractivity contribution in [3.63, 3.8) is 0 Å². The molecule has 1 rings (SSSR count). The number of ether oxygens (including phenoxy) is 1. The van der Waals surface area contributed by atoms with E-state index >= 15 is 0 Å². The van der Waals surface area contributed by atoms with E-state index in [-0.39, 0.29) is 11.9 Å². The fourth-order valence-corrected chi connectivity index (χ4v) is 2.01.